The predicted molar refractivity (Wildman–Crippen MR) is 81.5 cm³/mol. The molecule has 0 radical (unpaired) electrons. The van der Waals surface area contributed by atoms with Crippen molar-refractivity contribution < 1.29 is 14.3 Å². The summed E-state index contributed by atoms with van der Waals surface area (Å²) in [5, 5.41) is 5.13. The molecule has 0 aliphatic rings. The highest BCUT2D eigenvalue weighted by Gasteiger charge is 2.06. The van der Waals surface area contributed by atoms with E-state index in [9.17, 15) is 14.4 Å². The molecule has 0 atom stereocenters. The number of nitrogens with one attached hydrogen (secondary N) is 4. The summed E-state index contributed by atoms with van der Waals surface area (Å²) in [6.45, 7) is 5.16. The fraction of sp³-hybridized carbons (Fsp3) is 0.214. The van der Waals surface area contributed by atoms with Gasteiger partial charge < -0.3 is 25.3 Å². The van der Waals surface area contributed by atoms with Crippen LogP contribution in [0, 0.1) is 0 Å². The SMILES string of the molecule is C=C(C)OC(=O)CCNC(=O)Nc1ccc2[nH]c(=O)[nH]c2c1. The standard InChI is InChI=1S/C14H16N4O4/c1-8(2)22-12(19)5-6-15-13(20)16-9-3-4-10-11(7-9)18-14(21)17-10/h3-4,7H,1,5-6H2,2H3,(H2,15,16,20)(H2,17,18,21). The predicted octanol–water partition coefficient (Wildman–Crippen LogP) is 1.44. The lowest BCUT2D eigenvalue weighted by molar-refractivity contribution is -0.139. The topological polar surface area (TPSA) is 116 Å². The quantitative estimate of drug-likeness (QED) is 0.494. The van der Waals surface area contributed by atoms with Crippen molar-refractivity contribution >= 4 is 28.7 Å². The average Bonchev–Trinajstić information content (AvgIpc) is 2.77. The number of anilines is 1. The molecule has 8 nitrogen and oxygen atoms in total. The van der Waals surface area contributed by atoms with Crippen molar-refractivity contribution in [3.05, 3.63) is 41.0 Å². The molecule has 0 fully saturated rings. The summed E-state index contributed by atoms with van der Waals surface area (Å²) in [5.74, 6) is -0.151. The van der Waals surface area contributed by atoms with Gasteiger partial charge in [-0.05, 0) is 25.1 Å². The molecule has 4 N–H and O–H groups in total. The Balaban J connectivity index is 1.84. The molecule has 1 heterocycles. The number of hydrogen-bond donors (Lipinski definition) is 4. The third-order valence-corrected chi connectivity index (χ3v) is 2.68. The minimum Gasteiger partial charge on any atom is -0.432 e. The van der Waals surface area contributed by atoms with Gasteiger partial charge in [0.2, 0.25) is 0 Å². The number of esters is 1. The third kappa shape index (κ3) is 4.23. The lowest BCUT2D eigenvalue weighted by Gasteiger charge is -2.07. The molecule has 2 aromatic rings. The molecule has 0 saturated heterocycles. The Labute approximate surface area is 125 Å². The lowest BCUT2D eigenvalue weighted by Crippen LogP contribution is -2.30. The maximum Gasteiger partial charge on any atom is 0.323 e. The van der Waals surface area contributed by atoms with Gasteiger partial charge in [0, 0.05) is 12.2 Å². The van der Waals surface area contributed by atoms with Crippen molar-refractivity contribution in [3.8, 4) is 0 Å². The number of carbonyl (C=O) groups excluding carboxylic acids is 2. The van der Waals surface area contributed by atoms with Crippen molar-refractivity contribution in [2.45, 2.75) is 13.3 Å². The summed E-state index contributed by atoms with van der Waals surface area (Å²) in [4.78, 5) is 39.3. The van der Waals surface area contributed by atoms with E-state index in [-0.39, 0.29) is 18.7 Å². The highest BCUT2D eigenvalue weighted by atomic mass is 16.5. The highest BCUT2D eigenvalue weighted by molar-refractivity contribution is 5.92. The first-order valence-electron chi connectivity index (χ1n) is 6.57. The number of amides is 2. The van der Waals surface area contributed by atoms with Gasteiger partial charge in [-0.3, -0.25) is 4.79 Å². The number of ether oxygens (including phenoxy) is 1. The molecule has 0 bridgehead atoms. The van der Waals surface area contributed by atoms with Gasteiger partial charge in [-0.15, -0.1) is 0 Å². The van der Waals surface area contributed by atoms with Crippen LogP contribution in [0.5, 0.6) is 0 Å². The van der Waals surface area contributed by atoms with Crippen molar-refractivity contribution in [2.24, 2.45) is 0 Å². The Morgan fingerprint density at radius 1 is 1.27 bits per heavy atom. The molecule has 116 valence electrons. The molecular formula is C14H16N4O4. The Kier molecular flexibility index (Phi) is 4.62. The lowest BCUT2D eigenvalue weighted by atomic mass is 10.3. The smallest absolute Gasteiger partial charge is 0.323 e. The number of fused-ring (bicyclic) bond motifs is 1. The maximum absolute atomic E-state index is 11.7. The van der Waals surface area contributed by atoms with Crippen LogP contribution in [0.15, 0.2) is 35.3 Å². The van der Waals surface area contributed by atoms with E-state index >= 15 is 0 Å². The molecule has 0 aliphatic carbocycles. The van der Waals surface area contributed by atoms with E-state index in [0.717, 1.165) is 0 Å². The number of rotatable bonds is 5. The normalized spacial score (nSPS) is 10.2. The molecule has 0 aliphatic heterocycles. The number of carbonyl (C=O) groups is 2. The van der Waals surface area contributed by atoms with Gasteiger partial charge in [0.1, 0.15) is 0 Å². The first-order chi connectivity index (χ1) is 10.4. The van der Waals surface area contributed by atoms with Crippen molar-refractivity contribution in [1.82, 2.24) is 15.3 Å². The van der Waals surface area contributed by atoms with Crippen LogP contribution in [-0.2, 0) is 9.53 Å². The number of hydrogen-bond acceptors (Lipinski definition) is 4. The van der Waals surface area contributed by atoms with Crippen LogP contribution in [0.3, 0.4) is 0 Å². The fourth-order valence-electron chi connectivity index (χ4n) is 1.81. The number of benzene rings is 1. The Hall–Kier alpha value is -3.03. The maximum atomic E-state index is 11.7. The molecule has 8 heteroatoms. The van der Waals surface area contributed by atoms with Crippen LogP contribution < -0.4 is 16.3 Å². The molecule has 2 rings (SSSR count). The largest absolute Gasteiger partial charge is 0.432 e. The summed E-state index contributed by atoms with van der Waals surface area (Å²) >= 11 is 0. The second kappa shape index (κ2) is 6.61. The van der Waals surface area contributed by atoms with E-state index in [2.05, 4.69) is 27.2 Å². The van der Waals surface area contributed by atoms with E-state index < -0.39 is 12.0 Å². The minimum atomic E-state index is -0.459. The molecule has 0 spiro atoms. The fourth-order valence-corrected chi connectivity index (χ4v) is 1.81. The van der Waals surface area contributed by atoms with Gasteiger partial charge in [0.05, 0.1) is 23.2 Å². The van der Waals surface area contributed by atoms with Crippen LogP contribution in [0.1, 0.15) is 13.3 Å². The van der Waals surface area contributed by atoms with Crippen molar-refractivity contribution in [1.29, 1.82) is 0 Å². The van der Waals surface area contributed by atoms with E-state index in [0.29, 0.717) is 22.5 Å². The monoisotopic (exact) mass is 304 g/mol. The summed E-state index contributed by atoms with van der Waals surface area (Å²) in [6.07, 6.45) is 0.0461. The highest BCUT2D eigenvalue weighted by Crippen LogP contribution is 2.14. The zero-order valence-electron chi connectivity index (χ0n) is 12.0. The molecule has 2 amide bonds. The number of H-pyrrole nitrogens is 2. The molecule has 1 aromatic heterocycles. The minimum absolute atomic E-state index is 0.0461. The first-order valence-corrected chi connectivity index (χ1v) is 6.57. The van der Waals surface area contributed by atoms with Gasteiger partial charge in [0.25, 0.3) is 0 Å². The Morgan fingerprint density at radius 2 is 2.00 bits per heavy atom. The van der Waals surface area contributed by atoms with E-state index in [1.165, 1.54) is 0 Å². The van der Waals surface area contributed by atoms with E-state index in [1.807, 2.05) is 0 Å². The van der Waals surface area contributed by atoms with E-state index in [4.69, 9.17) is 4.74 Å². The number of imidazole rings is 1. The summed E-state index contributed by atoms with van der Waals surface area (Å²) in [6, 6.07) is 4.50. The van der Waals surface area contributed by atoms with Crippen LogP contribution in [0.2, 0.25) is 0 Å². The summed E-state index contributed by atoms with van der Waals surface area (Å²) in [7, 11) is 0. The van der Waals surface area contributed by atoms with Gasteiger partial charge in [0.15, 0.2) is 0 Å². The van der Waals surface area contributed by atoms with Crippen LogP contribution in [-0.4, -0.2) is 28.5 Å². The summed E-state index contributed by atoms with van der Waals surface area (Å²) in [5.41, 5.74) is 1.45. The molecular weight excluding hydrogens is 288 g/mol. The number of aromatic nitrogens is 2. The van der Waals surface area contributed by atoms with Crippen molar-refractivity contribution in [3.63, 3.8) is 0 Å². The van der Waals surface area contributed by atoms with E-state index in [1.54, 1.807) is 25.1 Å². The van der Waals surface area contributed by atoms with Crippen LogP contribution in [0.25, 0.3) is 11.0 Å². The van der Waals surface area contributed by atoms with Crippen LogP contribution >= 0.6 is 0 Å². The second-order valence-electron chi connectivity index (χ2n) is 4.65. The second-order valence-corrected chi connectivity index (χ2v) is 4.65. The molecule has 0 saturated carbocycles. The van der Waals surface area contributed by atoms with Gasteiger partial charge in [-0.25, -0.2) is 9.59 Å². The number of urea groups is 1. The van der Waals surface area contributed by atoms with Crippen LogP contribution in [0.4, 0.5) is 10.5 Å². The molecule has 22 heavy (non-hydrogen) atoms. The third-order valence-electron chi connectivity index (χ3n) is 2.68. The van der Waals surface area contributed by atoms with Crippen molar-refractivity contribution in [2.75, 3.05) is 11.9 Å². The summed E-state index contributed by atoms with van der Waals surface area (Å²) < 4.78 is 4.76. The van der Waals surface area contributed by atoms with Gasteiger partial charge in [-0.2, -0.15) is 0 Å². The first kappa shape index (κ1) is 15.4. The zero-order valence-corrected chi connectivity index (χ0v) is 12.0. The Morgan fingerprint density at radius 3 is 2.73 bits per heavy atom. The molecule has 0 unspecified atom stereocenters. The zero-order chi connectivity index (χ0) is 16.1. The number of allylic oxidation sites excluding steroid dienone is 1. The van der Waals surface area contributed by atoms with Gasteiger partial charge >= 0.3 is 17.7 Å². The van der Waals surface area contributed by atoms with Gasteiger partial charge in [-0.1, -0.05) is 6.58 Å². The average molecular weight is 304 g/mol. The molecule has 1 aromatic carbocycles. The number of aromatic amines is 2. The Bertz CT molecular complexity index is 774.